The first-order valence-electron chi connectivity index (χ1n) is 7.62. The maximum absolute atomic E-state index is 12.0. The molecule has 1 aromatic rings. The Bertz CT molecular complexity index is 541. The van der Waals surface area contributed by atoms with E-state index in [4.69, 9.17) is 4.43 Å². The number of carbonyl (C=O) groups excluding carboxylic acids is 1. The Kier molecular flexibility index (Phi) is 6.46. The van der Waals surface area contributed by atoms with Crippen molar-refractivity contribution in [3.8, 4) is 0 Å². The maximum Gasteiger partial charge on any atom is 0.326 e. The lowest BCUT2D eigenvalue weighted by atomic mass is 10.2. The first-order chi connectivity index (χ1) is 10.5. The van der Waals surface area contributed by atoms with E-state index >= 15 is 0 Å². The first-order valence-corrected chi connectivity index (χ1v) is 10.5. The normalized spacial score (nSPS) is 13.4. The molecule has 0 aliphatic rings. The molecular formula is C16H26N2O4Si. The molecular weight excluding hydrogens is 312 g/mol. The zero-order valence-electron chi connectivity index (χ0n) is 14.4. The molecule has 0 radical (unpaired) electrons. The number of pyridine rings is 1. The highest BCUT2D eigenvalue weighted by Crippen LogP contribution is 2.36. The number of rotatable bonds is 7. The van der Waals surface area contributed by atoms with Gasteiger partial charge in [-0.3, -0.25) is 9.78 Å². The van der Waals surface area contributed by atoms with Gasteiger partial charge in [-0.05, 0) is 30.3 Å². The molecule has 2 N–H and O–H groups in total. The maximum atomic E-state index is 12.0. The van der Waals surface area contributed by atoms with E-state index in [-0.39, 0.29) is 11.5 Å². The molecule has 1 amide bonds. The topological polar surface area (TPSA) is 88.5 Å². The van der Waals surface area contributed by atoms with Crippen LogP contribution in [-0.4, -0.2) is 42.9 Å². The molecule has 23 heavy (non-hydrogen) atoms. The van der Waals surface area contributed by atoms with Gasteiger partial charge in [0.05, 0.1) is 0 Å². The van der Waals surface area contributed by atoms with Gasteiger partial charge in [-0.25, -0.2) is 4.79 Å². The highest BCUT2D eigenvalue weighted by Gasteiger charge is 2.37. The van der Waals surface area contributed by atoms with Gasteiger partial charge in [-0.1, -0.05) is 20.8 Å². The smallest absolute Gasteiger partial charge is 0.326 e. The van der Waals surface area contributed by atoms with Gasteiger partial charge >= 0.3 is 5.97 Å². The third kappa shape index (κ3) is 5.76. The molecule has 7 heteroatoms. The van der Waals surface area contributed by atoms with Crippen LogP contribution in [0.2, 0.25) is 18.1 Å². The highest BCUT2D eigenvalue weighted by molar-refractivity contribution is 6.74. The molecule has 0 bridgehead atoms. The summed E-state index contributed by atoms with van der Waals surface area (Å²) in [5, 5.41) is 11.9. The summed E-state index contributed by atoms with van der Waals surface area (Å²) in [4.78, 5) is 27.2. The lowest BCUT2D eigenvalue weighted by Gasteiger charge is -2.36. The van der Waals surface area contributed by atoms with E-state index in [1.54, 1.807) is 12.1 Å². The lowest BCUT2D eigenvalue weighted by Crippen LogP contribution is -2.44. The van der Waals surface area contributed by atoms with Crippen molar-refractivity contribution in [2.45, 2.75) is 51.4 Å². The highest BCUT2D eigenvalue weighted by atomic mass is 28.4. The van der Waals surface area contributed by atoms with Crippen LogP contribution in [-0.2, 0) is 9.22 Å². The van der Waals surface area contributed by atoms with Gasteiger partial charge in [0.25, 0.3) is 5.91 Å². The minimum Gasteiger partial charge on any atom is -0.480 e. The summed E-state index contributed by atoms with van der Waals surface area (Å²) in [6.45, 7) is 10.9. The van der Waals surface area contributed by atoms with Crippen LogP contribution >= 0.6 is 0 Å². The minimum absolute atomic E-state index is 0.0615. The van der Waals surface area contributed by atoms with Gasteiger partial charge in [0, 0.05) is 31.0 Å². The van der Waals surface area contributed by atoms with E-state index < -0.39 is 26.2 Å². The second kappa shape index (κ2) is 7.70. The van der Waals surface area contributed by atoms with Gasteiger partial charge in [0.15, 0.2) is 8.32 Å². The average Bonchev–Trinajstić information content (AvgIpc) is 2.45. The Morgan fingerprint density at radius 1 is 1.30 bits per heavy atom. The average molecular weight is 338 g/mol. The van der Waals surface area contributed by atoms with E-state index in [0.29, 0.717) is 12.2 Å². The van der Waals surface area contributed by atoms with E-state index in [9.17, 15) is 14.7 Å². The predicted octanol–water partition coefficient (Wildman–Crippen LogP) is 2.68. The second-order valence-corrected chi connectivity index (χ2v) is 11.8. The molecule has 1 atom stereocenters. The van der Waals surface area contributed by atoms with Gasteiger partial charge in [0.2, 0.25) is 0 Å². The van der Waals surface area contributed by atoms with Gasteiger partial charge in [0.1, 0.15) is 6.04 Å². The third-order valence-corrected chi connectivity index (χ3v) is 8.76. The number of nitrogens with one attached hydrogen (secondary N) is 1. The number of carbonyl (C=O) groups is 2. The largest absolute Gasteiger partial charge is 0.480 e. The zero-order chi connectivity index (χ0) is 17.7. The SMILES string of the molecule is CC(C)(C)[Si](C)(C)OCC[C@@H](NC(=O)c1ccncc1)C(=O)O. The molecule has 1 aromatic heterocycles. The molecule has 0 fully saturated rings. The van der Waals surface area contributed by atoms with Crippen molar-refractivity contribution in [1.82, 2.24) is 10.3 Å². The lowest BCUT2D eigenvalue weighted by molar-refractivity contribution is -0.139. The van der Waals surface area contributed by atoms with Gasteiger partial charge < -0.3 is 14.8 Å². The molecule has 0 saturated carbocycles. The summed E-state index contributed by atoms with van der Waals surface area (Å²) in [5.41, 5.74) is 0.386. The number of aliphatic carboxylic acids is 1. The summed E-state index contributed by atoms with van der Waals surface area (Å²) in [6.07, 6.45) is 3.22. The van der Waals surface area contributed by atoms with Crippen LogP contribution in [0, 0.1) is 0 Å². The Labute approximate surface area is 138 Å². The van der Waals surface area contributed by atoms with Crippen molar-refractivity contribution in [1.29, 1.82) is 0 Å². The molecule has 0 unspecified atom stereocenters. The van der Waals surface area contributed by atoms with Crippen LogP contribution in [0.15, 0.2) is 24.5 Å². The summed E-state index contributed by atoms with van der Waals surface area (Å²) in [7, 11) is -1.92. The van der Waals surface area contributed by atoms with Crippen LogP contribution in [0.25, 0.3) is 0 Å². The van der Waals surface area contributed by atoms with Crippen molar-refractivity contribution in [2.75, 3.05) is 6.61 Å². The van der Waals surface area contributed by atoms with Crippen molar-refractivity contribution in [3.63, 3.8) is 0 Å². The number of amides is 1. The van der Waals surface area contributed by atoms with Crippen LogP contribution in [0.5, 0.6) is 0 Å². The number of nitrogens with zero attached hydrogens (tertiary/aromatic N) is 1. The molecule has 128 valence electrons. The Morgan fingerprint density at radius 3 is 2.35 bits per heavy atom. The number of hydrogen-bond donors (Lipinski definition) is 2. The monoisotopic (exact) mass is 338 g/mol. The van der Waals surface area contributed by atoms with Crippen molar-refractivity contribution >= 4 is 20.2 Å². The molecule has 1 rings (SSSR count). The zero-order valence-corrected chi connectivity index (χ0v) is 15.4. The first kappa shape index (κ1) is 19.3. The number of aromatic nitrogens is 1. The fourth-order valence-electron chi connectivity index (χ4n) is 1.65. The van der Waals surface area contributed by atoms with Gasteiger partial charge in [-0.2, -0.15) is 0 Å². The summed E-state index contributed by atoms with van der Waals surface area (Å²) in [5.74, 6) is -1.49. The van der Waals surface area contributed by atoms with Crippen LogP contribution in [0.4, 0.5) is 0 Å². The summed E-state index contributed by atoms with van der Waals surface area (Å²) < 4.78 is 5.98. The molecule has 0 aliphatic heterocycles. The van der Waals surface area contributed by atoms with E-state index in [0.717, 1.165) is 0 Å². The fraction of sp³-hybridized carbons (Fsp3) is 0.562. The molecule has 0 saturated heterocycles. The van der Waals surface area contributed by atoms with E-state index in [1.165, 1.54) is 12.4 Å². The van der Waals surface area contributed by atoms with Crippen LogP contribution in [0.3, 0.4) is 0 Å². The molecule has 0 aromatic carbocycles. The second-order valence-electron chi connectivity index (χ2n) is 7.00. The number of carboxylic acids is 1. The molecule has 1 heterocycles. The Balaban J connectivity index is 2.60. The van der Waals surface area contributed by atoms with Crippen molar-refractivity contribution in [3.05, 3.63) is 30.1 Å². The summed E-state index contributed by atoms with van der Waals surface area (Å²) in [6, 6.07) is 2.11. The van der Waals surface area contributed by atoms with E-state index in [2.05, 4.69) is 44.2 Å². The number of carboxylic acid groups (broad SMARTS) is 1. The number of hydrogen-bond acceptors (Lipinski definition) is 4. The standard InChI is InChI=1S/C16H26N2O4Si/c1-16(2,3)23(4,5)22-11-8-13(15(20)21)18-14(19)12-6-9-17-10-7-12/h6-7,9-10,13H,8,11H2,1-5H3,(H,18,19)(H,20,21)/t13-/m1/s1. The van der Waals surface area contributed by atoms with Crippen molar-refractivity contribution < 1.29 is 19.1 Å². The Hall–Kier alpha value is -1.73. The Morgan fingerprint density at radius 2 is 1.87 bits per heavy atom. The minimum atomic E-state index is -1.92. The van der Waals surface area contributed by atoms with Crippen LogP contribution in [0.1, 0.15) is 37.6 Å². The quantitative estimate of drug-likeness (QED) is 0.746. The predicted molar refractivity (Wildman–Crippen MR) is 90.9 cm³/mol. The summed E-state index contributed by atoms with van der Waals surface area (Å²) >= 11 is 0. The fourth-order valence-corrected chi connectivity index (χ4v) is 2.71. The van der Waals surface area contributed by atoms with Crippen molar-refractivity contribution in [2.24, 2.45) is 0 Å². The third-order valence-electron chi connectivity index (χ3n) is 4.22. The molecule has 0 spiro atoms. The van der Waals surface area contributed by atoms with E-state index in [1.807, 2.05) is 0 Å². The van der Waals surface area contributed by atoms with Crippen LogP contribution < -0.4 is 5.32 Å². The molecule has 0 aliphatic carbocycles. The molecule has 6 nitrogen and oxygen atoms in total. The van der Waals surface area contributed by atoms with Gasteiger partial charge in [-0.15, -0.1) is 0 Å².